The summed E-state index contributed by atoms with van der Waals surface area (Å²) in [5.74, 6) is 1.62. The van der Waals surface area contributed by atoms with Gasteiger partial charge in [0, 0.05) is 11.6 Å². The summed E-state index contributed by atoms with van der Waals surface area (Å²) in [6.07, 6.45) is 4.15. The number of carbonyl (C=O) groups excluding carboxylic acids is 1. The Hall–Kier alpha value is -1.46. The van der Waals surface area contributed by atoms with Crippen molar-refractivity contribution in [3.8, 4) is 11.5 Å². The van der Waals surface area contributed by atoms with Gasteiger partial charge in [-0.1, -0.05) is 13.3 Å². The van der Waals surface area contributed by atoms with Gasteiger partial charge in [-0.25, -0.2) is 0 Å². The molecule has 0 spiro atoms. The van der Waals surface area contributed by atoms with Crippen molar-refractivity contribution in [1.29, 1.82) is 0 Å². The van der Waals surface area contributed by atoms with Gasteiger partial charge in [0.05, 0.1) is 13.2 Å². The molecule has 24 heavy (non-hydrogen) atoms. The third-order valence-corrected chi connectivity index (χ3v) is 4.25. The second-order valence-corrected chi connectivity index (χ2v) is 5.95. The van der Waals surface area contributed by atoms with Crippen LogP contribution in [0.1, 0.15) is 49.9 Å². The van der Waals surface area contributed by atoms with E-state index in [-0.39, 0.29) is 24.4 Å². The lowest BCUT2D eigenvalue weighted by Crippen LogP contribution is -2.39. The predicted octanol–water partition coefficient (Wildman–Crippen LogP) is 3.15. The number of nitrogens with one attached hydrogen (secondary N) is 1. The van der Waals surface area contributed by atoms with E-state index in [1.54, 1.807) is 12.1 Å². The van der Waals surface area contributed by atoms with Crippen molar-refractivity contribution in [3.05, 3.63) is 23.8 Å². The summed E-state index contributed by atoms with van der Waals surface area (Å²) >= 11 is 0. The molecule has 2 unspecified atom stereocenters. The fraction of sp³-hybridized carbons (Fsp3) is 0.611. The maximum absolute atomic E-state index is 12.5. The molecule has 0 aliphatic heterocycles. The molecule has 0 aromatic heterocycles. The Morgan fingerprint density at radius 3 is 2.71 bits per heavy atom. The van der Waals surface area contributed by atoms with E-state index in [2.05, 4.69) is 12.2 Å². The van der Waals surface area contributed by atoms with Gasteiger partial charge in [-0.05, 0) is 56.8 Å². The first-order chi connectivity index (χ1) is 11.2. The average Bonchev–Trinajstić information content (AvgIpc) is 3.01. The second-order valence-electron chi connectivity index (χ2n) is 5.95. The maximum atomic E-state index is 12.5. The minimum Gasteiger partial charge on any atom is -0.490 e. The van der Waals surface area contributed by atoms with E-state index < -0.39 is 0 Å². The Labute approximate surface area is 150 Å². The Balaban J connectivity index is 0.00000288. The van der Waals surface area contributed by atoms with Crippen LogP contribution in [0.2, 0.25) is 0 Å². The molecule has 1 amide bonds. The number of benzene rings is 1. The van der Waals surface area contributed by atoms with E-state index in [1.165, 1.54) is 0 Å². The molecule has 1 aliphatic carbocycles. The summed E-state index contributed by atoms with van der Waals surface area (Å²) in [6, 6.07) is 5.54. The van der Waals surface area contributed by atoms with Crippen LogP contribution in [0.25, 0.3) is 0 Å². The van der Waals surface area contributed by atoms with Gasteiger partial charge in [0.25, 0.3) is 5.91 Å². The zero-order valence-corrected chi connectivity index (χ0v) is 15.4. The van der Waals surface area contributed by atoms with E-state index in [9.17, 15) is 4.79 Å². The van der Waals surface area contributed by atoms with Crippen LogP contribution in [0.5, 0.6) is 11.5 Å². The first kappa shape index (κ1) is 20.6. The standard InChI is InChI=1S/C18H28N2O3.ClH/c1-3-10-23-16-9-8-13(11-17(16)22-4-2)18(21)20-15-7-5-6-14(15)12-19;/h8-9,11,14-15H,3-7,10,12,19H2,1-2H3,(H,20,21);1H. The maximum Gasteiger partial charge on any atom is 0.251 e. The van der Waals surface area contributed by atoms with Gasteiger partial charge in [-0.15, -0.1) is 12.4 Å². The quantitative estimate of drug-likeness (QED) is 0.750. The van der Waals surface area contributed by atoms with Gasteiger partial charge in [0.2, 0.25) is 0 Å². The Morgan fingerprint density at radius 2 is 2.04 bits per heavy atom. The molecule has 2 rings (SSSR count). The third kappa shape index (κ3) is 5.28. The first-order valence-corrected chi connectivity index (χ1v) is 8.60. The van der Waals surface area contributed by atoms with Crippen LogP contribution >= 0.6 is 12.4 Å². The van der Waals surface area contributed by atoms with Crippen molar-refractivity contribution in [2.24, 2.45) is 11.7 Å². The van der Waals surface area contributed by atoms with E-state index in [0.29, 0.717) is 42.7 Å². The normalized spacial score (nSPS) is 19.5. The van der Waals surface area contributed by atoms with E-state index in [4.69, 9.17) is 15.2 Å². The molecule has 5 nitrogen and oxygen atoms in total. The van der Waals surface area contributed by atoms with E-state index in [0.717, 1.165) is 25.7 Å². The largest absolute Gasteiger partial charge is 0.490 e. The molecule has 2 atom stereocenters. The Kier molecular flexibility index (Phi) is 8.93. The first-order valence-electron chi connectivity index (χ1n) is 8.60. The number of nitrogens with two attached hydrogens (primary N) is 1. The Morgan fingerprint density at radius 1 is 1.25 bits per heavy atom. The Bertz CT molecular complexity index is 525. The number of halogens is 1. The fourth-order valence-corrected chi connectivity index (χ4v) is 3.01. The number of carbonyl (C=O) groups is 1. The highest BCUT2D eigenvalue weighted by molar-refractivity contribution is 5.95. The van der Waals surface area contributed by atoms with Crippen molar-refractivity contribution in [2.45, 2.75) is 45.6 Å². The van der Waals surface area contributed by atoms with Gasteiger partial charge in [0.1, 0.15) is 0 Å². The number of rotatable bonds is 8. The van der Waals surface area contributed by atoms with Crippen LogP contribution in [0, 0.1) is 5.92 Å². The van der Waals surface area contributed by atoms with Crippen LogP contribution in [0.15, 0.2) is 18.2 Å². The third-order valence-electron chi connectivity index (χ3n) is 4.25. The van der Waals surface area contributed by atoms with Gasteiger partial charge in [0.15, 0.2) is 11.5 Å². The highest BCUT2D eigenvalue weighted by atomic mass is 35.5. The van der Waals surface area contributed by atoms with Crippen molar-refractivity contribution < 1.29 is 14.3 Å². The summed E-state index contributed by atoms with van der Waals surface area (Å²) in [6.45, 7) is 5.76. The minimum atomic E-state index is -0.0710. The number of hydrogen-bond acceptors (Lipinski definition) is 4. The minimum absolute atomic E-state index is 0. The molecular formula is C18H29ClN2O3. The molecule has 1 aromatic carbocycles. The predicted molar refractivity (Wildman–Crippen MR) is 98.3 cm³/mol. The molecule has 136 valence electrons. The van der Waals surface area contributed by atoms with Crippen molar-refractivity contribution in [1.82, 2.24) is 5.32 Å². The monoisotopic (exact) mass is 356 g/mol. The lowest BCUT2D eigenvalue weighted by molar-refractivity contribution is 0.0928. The summed E-state index contributed by atoms with van der Waals surface area (Å²) < 4.78 is 11.3. The zero-order valence-electron chi connectivity index (χ0n) is 14.5. The van der Waals surface area contributed by atoms with Crippen molar-refractivity contribution in [3.63, 3.8) is 0 Å². The van der Waals surface area contributed by atoms with Gasteiger partial charge < -0.3 is 20.5 Å². The summed E-state index contributed by atoms with van der Waals surface area (Å²) in [7, 11) is 0. The molecule has 0 radical (unpaired) electrons. The topological polar surface area (TPSA) is 73.6 Å². The number of amides is 1. The van der Waals surface area contributed by atoms with Gasteiger partial charge >= 0.3 is 0 Å². The number of ether oxygens (including phenoxy) is 2. The summed E-state index contributed by atoms with van der Waals surface area (Å²) in [5, 5.41) is 3.11. The molecule has 1 fully saturated rings. The second kappa shape index (κ2) is 10.4. The van der Waals surface area contributed by atoms with Crippen molar-refractivity contribution >= 4 is 18.3 Å². The van der Waals surface area contributed by atoms with Gasteiger partial charge in [-0.2, -0.15) is 0 Å². The van der Waals surface area contributed by atoms with Crippen LogP contribution in [-0.2, 0) is 0 Å². The number of hydrogen-bond donors (Lipinski definition) is 2. The molecule has 1 aliphatic rings. The molecule has 6 heteroatoms. The molecular weight excluding hydrogens is 328 g/mol. The summed E-state index contributed by atoms with van der Waals surface area (Å²) in [5.41, 5.74) is 6.38. The highest BCUT2D eigenvalue weighted by Crippen LogP contribution is 2.29. The lowest BCUT2D eigenvalue weighted by Gasteiger charge is -2.20. The highest BCUT2D eigenvalue weighted by Gasteiger charge is 2.27. The molecule has 0 saturated heterocycles. The van der Waals surface area contributed by atoms with Crippen molar-refractivity contribution in [2.75, 3.05) is 19.8 Å². The van der Waals surface area contributed by atoms with Crippen LogP contribution in [0.3, 0.4) is 0 Å². The van der Waals surface area contributed by atoms with Crippen LogP contribution < -0.4 is 20.5 Å². The fourth-order valence-electron chi connectivity index (χ4n) is 3.01. The molecule has 1 saturated carbocycles. The summed E-state index contributed by atoms with van der Waals surface area (Å²) in [4.78, 5) is 12.5. The average molecular weight is 357 g/mol. The van der Waals surface area contributed by atoms with E-state index >= 15 is 0 Å². The smallest absolute Gasteiger partial charge is 0.251 e. The molecule has 1 aromatic rings. The zero-order chi connectivity index (χ0) is 16.7. The molecule has 3 N–H and O–H groups in total. The molecule has 0 heterocycles. The van der Waals surface area contributed by atoms with Crippen LogP contribution in [-0.4, -0.2) is 31.7 Å². The van der Waals surface area contributed by atoms with Gasteiger partial charge in [-0.3, -0.25) is 4.79 Å². The molecule has 0 bridgehead atoms. The SMILES string of the molecule is CCCOc1ccc(C(=O)NC2CCCC2CN)cc1OCC.Cl. The van der Waals surface area contributed by atoms with E-state index in [1.807, 2.05) is 13.0 Å². The lowest BCUT2D eigenvalue weighted by atomic mass is 10.0. The van der Waals surface area contributed by atoms with Crippen LogP contribution in [0.4, 0.5) is 0 Å².